The monoisotopic (exact) mass is 390 g/mol. The summed E-state index contributed by atoms with van der Waals surface area (Å²) >= 11 is 0. The summed E-state index contributed by atoms with van der Waals surface area (Å²) in [5.74, 6) is 0.157. The fourth-order valence-electron chi connectivity index (χ4n) is 3.62. The van der Waals surface area contributed by atoms with E-state index in [1.165, 1.54) is 7.11 Å². The van der Waals surface area contributed by atoms with Crippen molar-refractivity contribution in [2.24, 2.45) is 5.16 Å². The fourth-order valence-corrected chi connectivity index (χ4v) is 3.62. The Morgan fingerprint density at radius 1 is 1.17 bits per heavy atom. The molecule has 1 aromatic heterocycles. The van der Waals surface area contributed by atoms with Crippen molar-refractivity contribution in [3.8, 4) is 11.1 Å². The summed E-state index contributed by atoms with van der Waals surface area (Å²) in [7, 11) is 1.51. The van der Waals surface area contributed by atoms with Crippen LogP contribution < -0.4 is 5.32 Å². The van der Waals surface area contributed by atoms with Gasteiger partial charge in [-0.3, -0.25) is 4.79 Å². The molecular weight excluding hydrogens is 368 g/mol. The van der Waals surface area contributed by atoms with Gasteiger partial charge in [0.2, 0.25) is 5.89 Å². The molecule has 1 aliphatic heterocycles. The van der Waals surface area contributed by atoms with E-state index in [0.717, 1.165) is 16.8 Å². The molecule has 1 saturated heterocycles. The molecule has 1 fully saturated rings. The molecule has 2 heterocycles. The molecule has 0 saturated carbocycles. The summed E-state index contributed by atoms with van der Waals surface area (Å²) in [6, 6.07) is 17.5. The average molecular weight is 390 g/mol. The van der Waals surface area contributed by atoms with Crippen LogP contribution in [0.1, 0.15) is 34.4 Å². The van der Waals surface area contributed by atoms with Gasteiger partial charge in [0.1, 0.15) is 13.0 Å². The highest BCUT2D eigenvalue weighted by Crippen LogP contribution is 2.29. The van der Waals surface area contributed by atoms with Crippen LogP contribution in [0.2, 0.25) is 0 Å². The standard InChI is InChI=1S/C22H22N4O3/c1-14-24-22(29-25-14)20(19-12-18(13-23-19)26-28-2)21(27)17-10-8-16(9-11-17)15-6-4-3-5-7-15/h3-11,19-20,23H,12-13H2,1-2H3/b26-18+/t19?,20-/m1/s1. The third-order valence-corrected chi connectivity index (χ3v) is 5.01. The Bertz CT molecular complexity index is 1010. The number of aryl methyl sites for hydroxylation is 1. The summed E-state index contributed by atoms with van der Waals surface area (Å²) in [5, 5.41) is 11.2. The number of benzene rings is 2. The van der Waals surface area contributed by atoms with Gasteiger partial charge in [-0.1, -0.05) is 64.9 Å². The lowest BCUT2D eigenvalue weighted by Crippen LogP contribution is -2.34. The SMILES string of the molecule is CO/N=C1/CNC([C@H](C(=O)c2ccc(-c3ccccc3)cc2)c2nc(C)no2)C1. The summed E-state index contributed by atoms with van der Waals surface area (Å²) in [5.41, 5.74) is 3.62. The van der Waals surface area contributed by atoms with Crippen LogP contribution in [0.3, 0.4) is 0 Å². The number of hydrogen-bond acceptors (Lipinski definition) is 7. The number of aromatic nitrogens is 2. The Kier molecular flexibility index (Phi) is 5.48. The Balaban J connectivity index is 1.62. The second-order valence-electron chi connectivity index (χ2n) is 7.00. The summed E-state index contributed by atoms with van der Waals surface area (Å²) in [6.07, 6.45) is 0.577. The maximum atomic E-state index is 13.4. The van der Waals surface area contributed by atoms with E-state index < -0.39 is 5.92 Å². The third-order valence-electron chi connectivity index (χ3n) is 5.01. The second-order valence-corrected chi connectivity index (χ2v) is 7.00. The van der Waals surface area contributed by atoms with Crippen molar-refractivity contribution in [3.63, 3.8) is 0 Å². The molecule has 148 valence electrons. The van der Waals surface area contributed by atoms with E-state index in [4.69, 9.17) is 9.36 Å². The Morgan fingerprint density at radius 3 is 2.55 bits per heavy atom. The van der Waals surface area contributed by atoms with Crippen LogP contribution in [0.5, 0.6) is 0 Å². The minimum Gasteiger partial charge on any atom is -0.399 e. The van der Waals surface area contributed by atoms with Crippen molar-refractivity contribution >= 4 is 11.5 Å². The third kappa shape index (κ3) is 4.09. The van der Waals surface area contributed by atoms with Crippen molar-refractivity contribution < 1.29 is 14.2 Å². The molecule has 29 heavy (non-hydrogen) atoms. The van der Waals surface area contributed by atoms with Crippen molar-refractivity contribution in [1.29, 1.82) is 0 Å². The Morgan fingerprint density at radius 2 is 1.90 bits per heavy atom. The smallest absolute Gasteiger partial charge is 0.239 e. The van der Waals surface area contributed by atoms with Crippen LogP contribution in [0.15, 0.2) is 64.3 Å². The second kappa shape index (κ2) is 8.36. The summed E-state index contributed by atoms with van der Waals surface area (Å²) in [6.45, 7) is 2.30. The molecule has 4 rings (SSSR count). The van der Waals surface area contributed by atoms with Gasteiger partial charge in [-0.2, -0.15) is 4.98 Å². The molecule has 2 atom stereocenters. The van der Waals surface area contributed by atoms with Gasteiger partial charge in [-0.15, -0.1) is 0 Å². The van der Waals surface area contributed by atoms with E-state index in [2.05, 4.69) is 20.6 Å². The predicted octanol–water partition coefficient (Wildman–Crippen LogP) is 3.38. The molecule has 0 spiro atoms. The van der Waals surface area contributed by atoms with E-state index in [1.807, 2.05) is 54.6 Å². The first-order chi connectivity index (χ1) is 14.2. The number of Topliss-reactive ketones (excluding diaryl/α,β-unsaturated/α-hetero) is 1. The molecule has 7 nitrogen and oxygen atoms in total. The molecule has 1 aliphatic rings. The first kappa shape index (κ1) is 19.0. The van der Waals surface area contributed by atoms with Crippen molar-refractivity contribution in [2.75, 3.05) is 13.7 Å². The lowest BCUT2D eigenvalue weighted by Gasteiger charge is -2.19. The van der Waals surface area contributed by atoms with Gasteiger partial charge in [-0.25, -0.2) is 0 Å². The molecule has 0 amide bonds. The lowest BCUT2D eigenvalue weighted by molar-refractivity contribution is 0.0925. The minimum atomic E-state index is -0.594. The highest BCUT2D eigenvalue weighted by molar-refractivity contribution is 6.02. The van der Waals surface area contributed by atoms with E-state index in [0.29, 0.717) is 30.2 Å². The van der Waals surface area contributed by atoms with Crippen molar-refractivity contribution in [1.82, 2.24) is 15.5 Å². The molecule has 1 unspecified atom stereocenters. The lowest BCUT2D eigenvalue weighted by atomic mass is 9.88. The number of oxime groups is 1. The van der Waals surface area contributed by atoms with Gasteiger partial charge in [0.15, 0.2) is 11.6 Å². The number of rotatable bonds is 6. The zero-order chi connectivity index (χ0) is 20.2. The van der Waals surface area contributed by atoms with Gasteiger partial charge < -0.3 is 14.7 Å². The van der Waals surface area contributed by atoms with Crippen LogP contribution in [0.4, 0.5) is 0 Å². The number of ketones is 1. The van der Waals surface area contributed by atoms with Crippen LogP contribution in [0.25, 0.3) is 11.1 Å². The number of carbonyl (C=O) groups is 1. The summed E-state index contributed by atoms with van der Waals surface area (Å²) in [4.78, 5) is 22.6. The number of carbonyl (C=O) groups excluding carboxylic acids is 1. The molecule has 7 heteroatoms. The van der Waals surface area contributed by atoms with Gasteiger partial charge in [0.25, 0.3) is 0 Å². The number of nitrogens with zero attached hydrogens (tertiary/aromatic N) is 3. The molecular formula is C22H22N4O3. The van der Waals surface area contributed by atoms with Gasteiger partial charge in [0, 0.05) is 24.6 Å². The summed E-state index contributed by atoms with van der Waals surface area (Å²) < 4.78 is 5.38. The first-order valence-corrected chi connectivity index (χ1v) is 9.48. The Labute approximate surface area is 168 Å². The van der Waals surface area contributed by atoms with Crippen LogP contribution in [0, 0.1) is 6.92 Å². The van der Waals surface area contributed by atoms with Crippen LogP contribution >= 0.6 is 0 Å². The molecule has 0 radical (unpaired) electrons. The minimum absolute atomic E-state index is 0.0653. The highest BCUT2D eigenvalue weighted by Gasteiger charge is 2.38. The van der Waals surface area contributed by atoms with Crippen LogP contribution in [-0.2, 0) is 4.84 Å². The quantitative estimate of drug-likeness (QED) is 0.513. The van der Waals surface area contributed by atoms with E-state index in [-0.39, 0.29) is 11.8 Å². The largest absolute Gasteiger partial charge is 0.399 e. The molecule has 1 N–H and O–H groups in total. The van der Waals surface area contributed by atoms with Crippen LogP contribution in [-0.4, -0.2) is 41.3 Å². The number of nitrogens with one attached hydrogen (secondary N) is 1. The van der Waals surface area contributed by atoms with Gasteiger partial charge in [0.05, 0.1) is 5.71 Å². The van der Waals surface area contributed by atoms with Gasteiger partial charge >= 0.3 is 0 Å². The van der Waals surface area contributed by atoms with E-state index in [9.17, 15) is 4.79 Å². The molecule has 0 aliphatic carbocycles. The van der Waals surface area contributed by atoms with Crippen molar-refractivity contribution in [2.45, 2.75) is 25.3 Å². The molecule has 0 bridgehead atoms. The van der Waals surface area contributed by atoms with Crippen molar-refractivity contribution in [3.05, 3.63) is 71.9 Å². The maximum Gasteiger partial charge on any atom is 0.239 e. The predicted molar refractivity (Wildman–Crippen MR) is 109 cm³/mol. The number of hydrogen-bond donors (Lipinski definition) is 1. The highest BCUT2D eigenvalue weighted by atomic mass is 16.6. The zero-order valence-corrected chi connectivity index (χ0v) is 16.3. The van der Waals surface area contributed by atoms with Gasteiger partial charge in [-0.05, 0) is 18.1 Å². The average Bonchev–Trinajstić information content (AvgIpc) is 3.39. The normalized spacial score (nSPS) is 18.7. The Hall–Kier alpha value is -3.32. The fraction of sp³-hybridized carbons (Fsp3) is 0.273. The first-order valence-electron chi connectivity index (χ1n) is 9.48. The topological polar surface area (TPSA) is 89.6 Å². The van der Waals surface area contributed by atoms with E-state index >= 15 is 0 Å². The molecule has 3 aromatic rings. The molecule has 2 aromatic carbocycles. The van der Waals surface area contributed by atoms with E-state index in [1.54, 1.807) is 6.92 Å². The maximum absolute atomic E-state index is 13.4. The zero-order valence-electron chi connectivity index (χ0n) is 16.3.